The van der Waals surface area contributed by atoms with Gasteiger partial charge in [-0.2, -0.15) is 0 Å². The third kappa shape index (κ3) is 7.99. The van der Waals surface area contributed by atoms with E-state index in [0.717, 1.165) is 44.2 Å². The Morgan fingerprint density at radius 3 is 2.52 bits per heavy atom. The number of anilines is 1. The lowest BCUT2D eigenvalue weighted by Crippen LogP contribution is -2.38. The van der Waals surface area contributed by atoms with Crippen LogP contribution in [-0.2, 0) is 11.3 Å². The normalized spacial score (nSPS) is 15.5. The highest BCUT2D eigenvalue weighted by molar-refractivity contribution is 5.92. The van der Waals surface area contributed by atoms with Crippen molar-refractivity contribution in [2.75, 3.05) is 44.8 Å². The number of morpholine rings is 1. The maximum atomic E-state index is 12.2. The number of aliphatic imine (C=N–C) groups is 1. The fraction of sp³-hybridized carbons (Fsp3) is 0.381. The largest absolute Gasteiger partial charge is 0.573 e. The number of hydrogen-bond donors (Lipinski definition) is 2. The van der Waals surface area contributed by atoms with Crippen molar-refractivity contribution in [3.63, 3.8) is 0 Å². The number of nitrogens with one attached hydrogen (secondary N) is 1. The summed E-state index contributed by atoms with van der Waals surface area (Å²) >= 11 is 0. The monoisotopic (exact) mass is 438 g/mol. The Morgan fingerprint density at radius 2 is 1.81 bits per heavy atom. The molecule has 0 atom stereocenters. The lowest BCUT2D eigenvalue weighted by molar-refractivity contribution is -0.274. The number of nitrogens with zero attached hydrogens (tertiary/aromatic N) is 2. The third-order valence-electron chi connectivity index (χ3n) is 4.52. The highest BCUT2D eigenvalue weighted by Gasteiger charge is 2.30. The van der Waals surface area contributed by atoms with E-state index in [1.54, 1.807) is 0 Å². The zero-order valence-corrected chi connectivity index (χ0v) is 16.9. The molecule has 0 amide bonds. The molecule has 2 aromatic carbocycles. The zero-order valence-electron chi connectivity index (χ0n) is 16.9. The number of ether oxygens (including phenoxy) is 3. The predicted molar refractivity (Wildman–Crippen MR) is 111 cm³/mol. The Morgan fingerprint density at radius 1 is 1.10 bits per heavy atom. The molecular weight excluding hydrogens is 413 g/mol. The Labute approximate surface area is 178 Å². The van der Waals surface area contributed by atoms with Crippen molar-refractivity contribution in [3.05, 3.63) is 54.1 Å². The van der Waals surface area contributed by atoms with E-state index in [-0.39, 0.29) is 11.7 Å². The number of alkyl halides is 3. The number of hydrogen-bond acceptors (Lipinski definition) is 5. The number of rotatable bonds is 8. The first-order valence-electron chi connectivity index (χ1n) is 9.82. The molecule has 1 heterocycles. The molecule has 0 aliphatic carbocycles. The Hall–Kier alpha value is -2.98. The van der Waals surface area contributed by atoms with E-state index < -0.39 is 6.36 Å². The summed E-state index contributed by atoms with van der Waals surface area (Å²) in [5, 5.41) is 2.84. The van der Waals surface area contributed by atoms with Gasteiger partial charge in [-0.3, -0.25) is 4.90 Å². The van der Waals surface area contributed by atoms with Crippen molar-refractivity contribution >= 4 is 11.6 Å². The van der Waals surface area contributed by atoms with Crippen molar-refractivity contribution in [2.45, 2.75) is 12.9 Å². The molecule has 10 heteroatoms. The fourth-order valence-corrected chi connectivity index (χ4v) is 2.98. The summed E-state index contributed by atoms with van der Waals surface area (Å²) in [5.74, 6) is 0.560. The van der Waals surface area contributed by atoms with E-state index >= 15 is 0 Å². The minimum Gasteiger partial charge on any atom is -0.492 e. The van der Waals surface area contributed by atoms with Crippen LogP contribution in [0.4, 0.5) is 18.9 Å². The molecule has 1 aliphatic heterocycles. The van der Waals surface area contributed by atoms with Crippen LogP contribution in [0.5, 0.6) is 11.5 Å². The second kappa shape index (κ2) is 10.9. The number of nitrogens with two attached hydrogens (primary N) is 1. The van der Waals surface area contributed by atoms with Gasteiger partial charge in [0.15, 0.2) is 5.96 Å². The topological polar surface area (TPSA) is 81.3 Å². The molecule has 2 aromatic rings. The molecule has 1 fully saturated rings. The van der Waals surface area contributed by atoms with E-state index in [9.17, 15) is 13.2 Å². The molecule has 31 heavy (non-hydrogen) atoms. The highest BCUT2D eigenvalue weighted by atomic mass is 19.4. The van der Waals surface area contributed by atoms with Crippen LogP contribution in [0, 0.1) is 0 Å². The van der Waals surface area contributed by atoms with Crippen molar-refractivity contribution in [1.29, 1.82) is 0 Å². The maximum absolute atomic E-state index is 12.2. The molecule has 1 saturated heterocycles. The van der Waals surface area contributed by atoms with Gasteiger partial charge in [0.25, 0.3) is 0 Å². The molecule has 7 nitrogen and oxygen atoms in total. The summed E-state index contributed by atoms with van der Waals surface area (Å²) in [7, 11) is 0. The highest BCUT2D eigenvalue weighted by Crippen LogP contribution is 2.24. The summed E-state index contributed by atoms with van der Waals surface area (Å²) in [4.78, 5) is 6.58. The molecule has 168 valence electrons. The van der Waals surface area contributed by atoms with E-state index in [0.29, 0.717) is 18.8 Å². The number of benzene rings is 2. The predicted octanol–water partition coefficient (Wildman–Crippen LogP) is 3.22. The van der Waals surface area contributed by atoms with Gasteiger partial charge in [-0.05, 0) is 30.3 Å². The summed E-state index contributed by atoms with van der Waals surface area (Å²) in [6.45, 7) is 4.97. The second-order valence-electron chi connectivity index (χ2n) is 6.81. The van der Waals surface area contributed by atoms with Gasteiger partial charge in [0.05, 0.1) is 19.8 Å². The van der Waals surface area contributed by atoms with E-state index in [1.807, 2.05) is 24.3 Å². The smallest absolute Gasteiger partial charge is 0.492 e. The lowest BCUT2D eigenvalue weighted by atomic mass is 10.2. The van der Waals surface area contributed by atoms with E-state index in [2.05, 4.69) is 19.9 Å². The first-order valence-corrected chi connectivity index (χ1v) is 9.82. The summed E-state index contributed by atoms with van der Waals surface area (Å²) < 4.78 is 51.8. The number of para-hydroxylation sites is 1. The van der Waals surface area contributed by atoms with Gasteiger partial charge in [0.2, 0.25) is 0 Å². The molecule has 0 spiro atoms. The Balaban J connectivity index is 1.51. The van der Waals surface area contributed by atoms with Gasteiger partial charge >= 0.3 is 6.36 Å². The van der Waals surface area contributed by atoms with Gasteiger partial charge in [-0.1, -0.05) is 18.2 Å². The van der Waals surface area contributed by atoms with Gasteiger partial charge in [-0.15, -0.1) is 13.2 Å². The standard InChI is InChI=1S/C21H25F3N4O3/c22-21(23,24)31-18-7-5-17(6-8-18)27-20(25)26-15-16-3-1-2-4-19(16)30-14-11-28-9-12-29-13-10-28/h1-8H,9-15H2,(H3,25,26,27). The minimum absolute atomic E-state index is 0.132. The van der Waals surface area contributed by atoms with Gasteiger partial charge in [0, 0.05) is 30.9 Å². The molecule has 3 rings (SSSR count). The van der Waals surface area contributed by atoms with Crippen LogP contribution in [0.15, 0.2) is 53.5 Å². The number of guanidine groups is 1. The average molecular weight is 438 g/mol. The molecule has 3 N–H and O–H groups in total. The molecule has 0 bridgehead atoms. The van der Waals surface area contributed by atoms with E-state index in [1.165, 1.54) is 24.3 Å². The van der Waals surface area contributed by atoms with Gasteiger partial charge in [-0.25, -0.2) is 4.99 Å². The summed E-state index contributed by atoms with van der Waals surface area (Å²) in [6, 6.07) is 12.8. The van der Waals surface area contributed by atoms with Crippen LogP contribution in [0.2, 0.25) is 0 Å². The third-order valence-corrected chi connectivity index (χ3v) is 4.52. The molecule has 0 aromatic heterocycles. The van der Waals surface area contributed by atoms with Crippen molar-refractivity contribution in [1.82, 2.24) is 4.90 Å². The van der Waals surface area contributed by atoms with Gasteiger partial charge < -0.3 is 25.3 Å². The number of halogens is 3. The van der Waals surface area contributed by atoms with Crippen LogP contribution >= 0.6 is 0 Å². The quantitative estimate of drug-likeness (QED) is 0.487. The van der Waals surface area contributed by atoms with Crippen LogP contribution in [0.1, 0.15) is 5.56 Å². The van der Waals surface area contributed by atoms with Crippen LogP contribution in [-0.4, -0.2) is 56.7 Å². The Kier molecular flexibility index (Phi) is 7.96. The zero-order chi connectivity index (χ0) is 22.1. The SMILES string of the molecule is NC(=NCc1ccccc1OCCN1CCOCC1)Nc1ccc(OC(F)(F)F)cc1. The molecule has 0 unspecified atom stereocenters. The van der Waals surface area contributed by atoms with Crippen molar-refractivity contribution < 1.29 is 27.4 Å². The second-order valence-corrected chi connectivity index (χ2v) is 6.81. The first kappa shape index (κ1) is 22.7. The van der Waals surface area contributed by atoms with Gasteiger partial charge in [0.1, 0.15) is 18.1 Å². The first-order chi connectivity index (χ1) is 14.9. The summed E-state index contributed by atoms with van der Waals surface area (Å²) in [5.41, 5.74) is 7.28. The maximum Gasteiger partial charge on any atom is 0.573 e. The van der Waals surface area contributed by atoms with E-state index in [4.69, 9.17) is 15.2 Å². The Bertz CT molecular complexity index is 854. The lowest BCUT2D eigenvalue weighted by Gasteiger charge is -2.26. The van der Waals surface area contributed by atoms with Crippen molar-refractivity contribution in [2.24, 2.45) is 10.7 Å². The van der Waals surface area contributed by atoms with Crippen LogP contribution < -0.4 is 20.5 Å². The fourth-order valence-electron chi connectivity index (χ4n) is 2.98. The van der Waals surface area contributed by atoms with Crippen LogP contribution in [0.3, 0.4) is 0 Å². The minimum atomic E-state index is -4.73. The van der Waals surface area contributed by atoms with Crippen LogP contribution in [0.25, 0.3) is 0 Å². The average Bonchev–Trinajstić information content (AvgIpc) is 2.74. The molecule has 0 saturated carbocycles. The van der Waals surface area contributed by atoms with Crippen molar-refractivity contribution in [3.8, 4) is 11.5 Å². The molecule has 0 radical (unpaired) electrons. The molecular formula is C21H25F3N4O3. The summed E-state index contributed by atoms with van der Waals surface area (Å²) in [6.07, 6.45) is -4.73. The molecule has 1 aliphatic rings.